The number of nitrogen functional groups attached to an aromatic ring is 1. The molecule has 1 aromatic carbocycles. The van der Waals surface area contributed by atoms with Gasteiger partial charge in [0.2, 0.25) is 11.8 Å². The number of amides is 2. The molecular weight excluding hydrogens is 232 g/mol. The first-order valence-corrected chi connectivity index (χ1v) is 5.93. The molecule has 0 aliphatic carbocycles. The second kappa shape index (κ2) is 4.33. The van der Waals surface area contributed by atoms with Crippen molar-refractivity contribution in [2.45, 2.75) is 31.6 Å². The van der Waals surface area contributed by atoms with Gasteiger partial charge in [-0.05, 0) is 30.5 Å². The Hall–Kier alpha value is -2.04. The van der Waals surface area contributed by atoms with Gasteiger partial charge in [-0.3, -0.25) is 14.9 Å². The van der Waals surface area contributed by atoms with Crippen LogP contribution in [0.4, 0.5) is 5.69 Å². The average Bonchev–Trinajstić information content (AvgIpc) is 2.34. The molecule has 5 nitrogen and oxygen atoms in total. The second-order valence-electron chi connectivity index (χ2n) is 4.59. The van der Waals surface area contributed by atoms with Gasteiger partial charge in [0.15, 0.2) is 0 Å². The van der Waals surface area contributed by atoms with Crippen LogP contribution in [0.3, 0.4) is 0 Å². The Kier molecular flexibility index (Phi) is 2.98. The highest BCUT2D eigenvalue weighted by Crippen LogP contribution is 2.38. The normalized spacial score (nSPS) is 23.8. The Balaban J connectivity index is 2.46. The van der Waals surface area contributed by atoms with Gasteiger partial charge >= 0.3 is 0 Å². The molecule has 1 aromatic rings. The quantitative estimate of drug-likeness (QED) is 0.414. The molecule has 1 aliphatic heterocycles. The lowest BCUT2D eigenvalue weighted by molar-refractivity contribution is -0.138. The van der Waals surface area contributed by atoms with Crippen molar-refractivity contribution in [3.05, 3.63) is 23.8 Å². The number of rotatable bonds is 2. The molecule has 2 rings (SSSR count). The Bertz CT molecular complexity index is 513. The minimum Gasteiger partial charge on any atom is -0.506 e. The number of hydrogen-bond donors (Lipinski definition) is 3. The Morgan fingerprint density at radius 2 is 2.17 bits per heavy atom. The predicted molar refractivity (Wildman–Crippen MR) is 66.9 cm³/mol. The summed E-state index contributed by atoms with van der Waals surface area (Å²) in [6.45, 7) is 1.90. The number of benzene rings is 1. The molecule has 1 fully saturated rings. The fourth-order valence-electron chi connectivity index (χ4n) is 2.42. The van der Waals surface area contributed by atoms with Gasteiger partial charge < -0.3 is 10.8 Å². The molecule has 0 unspecified atom stereocenters. The van der Waals surface area contributed by atoms with Crippen LogP contribution < -0.4 is 11.1 Å². The summed E-state index contributed by atoms with van der Waals surface area (Å²) in [4.78, 5) is 23.4. The van der Waals surface area contributed by atoms with Crippen LogP contribution >= 0.6 is 0 Å². The molecule has 1 aliphatic rings. The van der Waals surface area contributed by atoms with Gasteiger partial charge in [-0.25, -0.2) is 0 Å². The van der Waals surface area contributed by atoms with Crippen molar-refractivity contribution in [2.24, 2.45) is 0 Å². The van der Waals surface area contributed by atoms with Crippen molar-refractivity contribution in [1.29, 1.82) is 0 Å². The highest BCUT2D eigenvalue weighted by Gasteiger charge is 2.42. The summed E-state index contributed by atoms with van der Waals surface area (Å²) in [7, 11) is 0. The van der Waals surface area contributed by atoms with Gasteiger partial charge in [0.05, 0.1) is 11.1 Å². The van der Waals surface area contributed by atoms with Crippen LogP contribution in [0.1, 0.15) is 31.7 Å². The topological polar surface area (TPSA) is 92.4 Å². The molecule has 0 aromatic heterocycles. The zero-order valence-electron chi connectivity index (χ0n) is 10.2. The maximum absolute atomic E-state index is 12.1. The smallest absolute Gasteiger partial charge is 0.237 e. The fraction of sp³-hybridized carbons (Fsp3) is 0.385. The van der Waals surface area contributed by atoms with Gasteiger partial charge in [-0.1, -0.05) is 13.0 Å². The highest BCUT2D eigenvalue weighted by molar-refractivity contribution is 6.03. The molecule has 0 radical (unpaired) electrons. The van der Waals surface area contributed by atoms with Gasteiger partial charge in [-0.15, -0.1) is 0 Å². The van der Waals surface area contributed by atoms with Crippen LogP contribution in [0, 0.1) is 0 Å². The van der Waals surface area contributed by atoms with E-state index < -0.39 is 5.41 Å². The lowest BCUT2D eigenvalue weighted by Crippen LogP contribution is -2.51. The van der Waals surface area contributed by atoms with Crippen LogP contribution in [0.25, 0.3) is 0 Å². The van der Waals surface area contributed by atoms with Gasteiger partial charge in [0.1, 0.15) is 5.75 Å². The lowest BCUT2D eigenvalue weighted by Gasteiger charge is -2.35. The molecule has 96 valence electrons. The van der Waals surface area contributed by atoms with E-state index in [9.17, 15) is 14.7 Å². The summed E-state index contributed by atoms with van der Waals surface area (Å²) in [5, 5.41) is 11.8. The van der Waals surface area contributed by atoms with Crippen molar-refractivity contribution >= 4 is 17.5 Å². The number of hydrogen-bond acceptors (Lipinski definition) is 4. The monoisotopic (exact) mass is 248 g/mol. The summed E-state index contributed by atoms with van der Waals surface area (Å²) >= 11 is 0. The molecule has 0 saturated carbocycles. The van der Waals surface area contributed by atoms with E-state index >= 15 is 0 Å². The minimum atomic E-state index is -0.726. The number of anilines is 1. The number of phenols is 1. The number of phenolic OH excluding ortho intramolecular Hbond substituents is 1. The lowest BCUT2D eigenvalue weighted by atomic mass is 9.72. The Labute approximate surface area is 105 Å². The Morgan fingerprint density at radius 1 is 1.44 bits per heavy atom. The number of aromatic hydroxyl groups is 1. The second-order valence-corrected chi connectivity index (χ2v) is 4.59. The molecular formula is C13H16N2O3. The van der Waals surface area contributed by atoms with E-state index in [2.05, 4.69) is 5.32 Å². The van der Waals surface area contributed by atoms with Crippen molar-refractivity contribution in [3.63, 3.8) is 0 Å². The van der Waals surface area contributed by atoms with Crippen LogP contribution in [-0.4, -0.2) is 16.9 Å². The fourth-order valence-corrected chi connectivity index (χ4v) is 2.42. The number of nitrogens with one attached hydrogen (secondary N) is 1. The maximum atomic E-state index is 12.1. The highest BCUT2D eigenvalue weighted by atomic mass is 16.3. The van der Waals surface area contributed by atoms with Gasteiger partial charge in [0.25, 0.3) is 0 Å². The van der Waals surface area contributed by atoms with E-state index in [1.54, 1.807) is 12.1 Å². The molecule has 0 bridgehead atoms. The van der Waals surface area contributed by atoms with Gasteiger partial charge in [0, 0.05) is 6.42 Å². The van der Waals surface area contributed by atoms with E-state index in [4.69, 9.17) is 5.73 Å². The largest absolute Gasteiger partial charge is 0.506 e. The number of nitrogens with two attached hydrogens (primary N) is 1. The van der Waals surface area contributed by atoms with E-state index in [-0.39, 0.29) is 23.3 Å². The summed E-state index contributed by atoms with van der Waals surface area (Å²) in [6.07, 6.45) is 1.37. The third kappa shape index (κ3) is 1.81. The van der Waals surface area contributed by atoms with Crippen LogP contribution in [-0.2, 0) is 15.0 Å². The molecule has 18 heavy (non-hydrogen) atoms. The molecule has 1 saturated heterocycles. The predicted octanol–water partition coefficient (Wildman–Crippen LogP) is 1.06. The van der Waals surface area contributed by atoms with Crippen LogP contribution in [0.5, 0.6) is 5.75 Å². The van der Waals surface area contributed by atoms with E-state index in [0.29, 0.717) is 19.3 Å². The summed E-state index contributed by atoms with van der Waals surface area (Å²) in [6, 6.07) is 4.77. The minimum absolute atomic E-state index is 0.00250. The third-order valence-corrected chi connectivity index (χ3v) is 3.65. The van der Waals surface area contributed by atoms with Crippen LogP contribution in [0.15, 0.2) is 18.2 Å². The van der Waals surface area contributed by atoms with E-state index in [1.807, 2.05) is 6.92 Å². The summed E-state index contributed by atoms with van der Waals surface area (Å²) in [5.74, 6) is -0.528. The number of carbonyl (C=O) groups excluding carboxylic acids is 2. The summed E-state index contributed by atoms with van der Waals surface area (Å²) in [5.41, 5.74) is 5.92. The van der Waals surface area contributed by atoms with Crippen molar-refractivity contribution in [3.8, 4) is 5.75 Å². The van der Waals surface area contributed by atoms with Gasteiger partial charge in [-0.2, -0.15) is 0 Å². The summed E-state index contributed by atoms with van der Waals surface area (Å²) < 4.78 is 0. The standard InChI is InChI=1S/C13H16N2O3/c1-2-13(6-5-11(17)15-12(13)18)8-3-4-10(16)9(14)7-8/h3-4,7,16H,2,5-6,14H2,1H3,(H,15,17,18)/t13-/m0/s1. The van der Waals surface area contributed by atoms with Crippen molar-refractivity contribution < 1.29 is 14.7 Å². The van der Waals surface area contributed by atoms with E-state index in [0.717, 1.165) is 5.56 Å². The Morgan fingerprint density at radius 3 is 2.72 bits per heavy atom. The maximum Gasteiger partial charge on any atom is 0.237 e. The number of piperidine rings is 1. The van der Waals surface area contributed by atoms with Crippen molar-refractivity contribution in [2.75, 3.05) is 5.73 Å². The first-order valence-electron chi connectivity index (χ1n) is 5.93. The zero-order valence-corrected chi connectivity index (χ0v) is 10.2. The van der Waals surface area contributed by atoms with Crippen molar-refractivity contribution in [1.82, 2.24) is 5.32 Å². The molecule has 0 spiro atoms. The molecule has 1 atom stereocenters. The third-order valence-electron chi connectivity index (χ3n) is 3.65. The first kappa shape index (κ1) is 12.4. The van der Waals surface area contributed by atoms with Crippen LogP contribution in [0.2, 0.25) is 0 Å². The molecule has 5 heteroatoms. The molecule has 4 N–H and O–H groups in total. The number of carbonyl (C=O) groups is 2. The average molecular weight is 248 g/mol. The number of imide groups is 1. The van der Waals surface area contributed by atoms with E-state index in [1.165, 1.54) is 6.07 Å². The molecule has 2 amide bonds. The molecule has 1 heterocycles. The SMILES string of the molecule is CC[C@@]1(c2ccc(O)c(N)c2)CCC(=O)NC1=O. The zero-order chi connectivity index (χ0) is 13.3. The first-order chi connectivity index (χ1) is 8.49.